The zero-order chi connectivity index (χ0) is 10.2. The van der Waals surface area contributed by atoms with Crippen LogP contribution in [0.4, 0.5) is 18.9 Å². The van der Waals surface area contributed by atoms with Gasteiger partial charge in [-0.05, 0) is 18.2 Å². The second kappa shape index (κ2) is 2.97. The first-order valence-corrected chi connectivity index (χ1v) is 3.99. The molecule has 0 N–H and O–H groups in total. The third kappa shape index (κ3) is 1.55. The van der Waals surface area contributed by atoms with Crippen LogP contribution in [-0.4, -0.2) is 6.21 Å². The van der Waals surface area contributed by atoms with Crippen LogP contribution < -0.4 is 4.99 Å². The van der Waals surface area contributed by atoms with Crippen molar-refractivity contribution in [2.24, 2.45) is 0 Å². The number of rotatable bonds is 0. The third-order valence-corrected chi connectivity index (χ3v) is 1.93. The standard InChI is InChI=1S/C10H6F3N/c11-10(12,13)8-3-4-9-7(6-8)2-1-5-14-9/h1-6H/q+1. The lowest BCUT2D eigenvalue weighted by atomic mass is 10.1. The van der Waals surface area contributed by atoms with Crippen molar-refractivity contribution in [1.82, 2.24) is 4.99 Å². The van der Waals surface area contributed by atoms with Crippen LogP contribution in [0.3, 0.4) is 0 Å². The highest BCUT2D eigenvalue weighted by Gasteiger charge is 2.31. The first kappa shape index (κ1) is 8.99. The molecule has 1 aliphatic heterocycles. The summed E-state index contributed by atoms with van der Waals surface area (Å²) in [6, 6.07) is 3.51. The van der Waals surface area contributed by atoms with Crippen LogP contribution in [0.15, 0.2) is 24.3 Å². The number of fused-ring (bicyclic) bond motifs is 1. The van der Waals surface area contributed by atoms with Crippen LogP contribution in [-0.2, 0) is 6.18 Å². The van der Waals surface area contributed by atoms with Gasteiger partial charge in [-0.2, -0.15) is 13.2 Å². The van der Waals surface area contributed by atoms with Crippen LogP contribution >= 0.6 is 0 Å². The number of hydrogen-bond donors (Lipinski definition) is 0. The first-order valence-electron chi connectivity index (χ1n) is 3.99. The molecule has 1 radical (unpaired) electrons. The highest BCUT2D eigenvalue weighted by Crippen LogP contribution is 2.32. The Kier molecular flexibility index (Phi) is 1.91. The molecule has 1 aliphatic rings. The summed E-state index contributed by atoms with van der Waals surface area (Å²) in [5.41, 5.74) is 0.431. The Balaban J connectivity index is 2.51. The molecule has 1 aromatic carbocycles. The molecule has 0 unspecified atom stereocenters. The molecular weight excluding hydrogens is 191 g/mol. The number of nitrogens with zero attached hydrogens (tertiary/aromatic N) is 1. The maximum atomic E-state index is 12.3. The van der Waals surface area contributed by atoms with Gasteiger partial charge in [0.2, 0.25) is 6.21 Å². The second-order valence-electron chi connectivity index (χ2n) is 2.91. The molecule has 0 aliphatic carbocycles. The minimum atomic E-state index is -4.29. The van der Waals surface area contributed by atoms with Gasteiger partial charge in [-0.3, -0.25) is 0 Å². The number of benzene rings is 1. The van der Waals surface area contributed by atoms with E-state index in [4.69, 9.17) is 0 Å². The molecule has 0 fully saturated rings. The molecule has 0 bridgehead atoms. The normalized spacial score (nSPS) is 14.2. The predicted octanol–water partition coefficient (Wildman–Crippen LogP) is 2.77. The predicted molar refractivity (Wildman–Crippen MR) is 48.3 cm³/mol. The smallest absolute Gasteiger partial charge is 0.166 e. The molecule has 1 aromatic rings. The molecule has 0 saturated carbocycles. The van der Waals surface area contributed by atoms with Crippen LogP contribution in [0, 0.1) is 0 Å². The highest BCUT2D eigenvalue weighted by molar-refractivity contribution is 5.86. The van der Waals surface area contributed by atoms with Gasteiger partial charge in [-0.15, -0.1) is 0 Å². The summed E-state index contributed by atoms with van der Waals surface area (Å²) < 4.78 is 36.9. The summed E-state index contributed by atoms with van der Waals surface area (Å²) >= 11 is 0. The van der Waals surface area contributed by atoms with E-state index in [0.717, 1.165) is 12.1 Å². The monoisotopic (exact) mass is 197 g/mol. The second-order valence-corrected chi connectivity index (χ2v) is 2.91. The number of halogens is 3. The van der Waals surface area contributed by atoms with Crippen molar-refractivity contribution in [3.05, 3.63) is 35.4 Å². The summed E-state index contributed by atoms with van der Waals surface area (Å²) in [5, 5.41) is 0. The van der Waals surface area contributed by atoms with Gasteiger partial charge in [0.1, 0.15) is 0 Å². The van der Waals surface area contributed by atoms with Crippen LogP contribution in [0.2, 0.25) is 0 Å². The topological polar surface area (TPSA) is 14.1 Å². The molecule has 0 saturated heterocycles. The number of aliphatic imine (C=N–C) groups is 1. The lowest BCUT2D eigenvalue weighted by Gasteiger charge is -2.06. The molecule has 0 amide bonds. The van der Waals surface area contributed by atoms with Gasteiger partial charge in [0.15, 0.2) is 0 Å². The van der Waals surface area contributed by atoms with Crippen LogP contribution in [0.1, 0.15) is 11.1 Å². The fourth-order valence-electron chi connectivity index (χ4n) is 1.25. The third-order valence-electron chi connectivity index (χ3n) is 1.93. The van der Waals surface area contributed by atoms with Gasteiger partial charge in [0.25, 0.3) is 5.69 Å². The number of alkyl halides is 3. The maximum absolute atomic E-state index is 12.3. The number of hydrogen-bond acceptors (Lipinski definition) is 1. The number of allylic oxidation sites excluding steroid dienone is 1. The lowest BCUT2D eigenvalue weighted by Crippen LogP contribution is -2.05. The van der Waals surface area contributed by atoms with Crippen molar-refractivity contribution in [2.45, 2.75) is 6.18 Å². The van der Waals surface area contributed by atoms with E-state index in [1.54, 1.807) is 18.4 Å². The maximum Gasteiger partial charge on any atom is 0.416 e. The zero-order valence-corrected chi connectivity index (χ0v) is 7.05. The van der Waals surface area contributed by atoms with Crippen molar-refractivity contribution in [3.63, 3.8) is 0 Å². The molecule has 14 heavy (non-hydrogen) atoms. The average molecular weight is 197 g/mol. The highest BCUT2D eigenvalue weighted by atomic mass is 19.4. The van der Waals surface area contributed by atoms with E-state index < -0.39 is 11.7 Å². The van der Waals surface area contributed by atoms with Gasteiger partial charge in [0, 0.05) is 12.1 Å². The largest absolute Gasteiger partial charge is 0.416 e. The molecule has 4 heteroatoms. The summed E-state index contributed by atoms with van der Waals surface area (Å²) in [6.07, 6.45) is 0.486. The van der Waals surface area contributed by atoms with Gasteiger partial charge < -0.3 is 0 Å². The van der Waals surface area contributed by atoms with Crippen molar-refractivity contribution in [2.75, 3.05) is 0 Å². The Bertz CT molecular complexity index is 416. The molecule has 1 heterocycles. The van der Waals surface area contributed by atoms with Crippen LogP contribution in [0.25, 0.3) is 6.08 Å². The first-order chi connectivity index (χ1) is 6.57. The summed E-state index contributed by atoms with van der Waals surface area (Å²) in [5.74, 6) is 0. The Morgan fingerprint density at radius 1 is 1.14 bits per heavy atom. The molecule has 0 spiro atoms. The van der Waals surface area contributed by atoms with E-state index in [1.165, 1.54) is 6.07 Å². The summed E-state index contributed by atoms with van der Waals surface area (Å²) in [6.45, 7) is 0. The molecule has 0 atom stereocenters. The lowest BCUT2D eigenvalue weighted by molar-refractivity contribution is -0.137. The Hall–Kier alpha value is -1.58. The molecule has 71 valence electrons. The van der Waals surface area contributed by atoms with Gasteiger partial charge in [-0.25, -0.2) is 0 Å². The minimum absolute atomic E-state index is 0.502. The van der Waals surface area contributed by atoms with Crippen molar-refractivity contribution < 1.29 is 13.2 Å². The molecular formula is C10H6F3N+. The van der Waals surface area contributed by atoms with E-state index in [0.29, 0.717) is 11.3 Å². The fourth-order valence-corrected chi connectivity index (χ4v) is 1.25. The van der Waals surface area contributed by atoms with Gasteiger partial charge in [-0.1, -0.05) is 0 Å². The molecule has 1 nitrogen and oxygen atoms in total. The quantitative estimate of drug-likeness (QED) is 0.607. The zero-order valence-electron chi connectivity index (χ0n) is 7.05. The average Bonchev–Trinajstić information content (AvgIpc) is 2.16. The molecule has 2 rings (SSSR count). The van der Waals surface area contributed by atoms with Crippen molar-refractivity contribution in [3.8, 4) is 0 Å². The minimum Gasteiger partial charge on any atom is -0.166 e. The summed E-state index contributed by atoms with van der Waals surface area (Å²) in [7, 11) is 0. The summed E-state index contributed by atoms with van der Waals surface area (Å²) in [4.78, 5) is 3.94. The Morgan fingerprint density at radius 3 is 2.64 bits per heavy atom. The van der Waals surface area contributed by atoms with E-state index in [-0.39, 0.29) is 0 Å². The van der Waals surface area contributed by atoms with E-state index in [9.17, 15) is 13.2 Å². The Morgan fingerprint density at radius 2 is 1.93 bits per heavy atom. The van der Waals surface area contributed by atoms with Gasteiger partial charge >= 0.3 is 6.18 Å². The fraction of sp³-hybridized carbons (Fsp3) is 0.100. The van der Waals surface area contributed by atoms with Crippen molar-refractivity contribution >= 4 is 18.0 Å². The van der Waals surface area contributed by atoms with Gasteiger partial charge in [0.05, 0.1) is 16.1 Å². The van der Waals surface area contributed by atoms with Crippen LogP contribution in [0.5, 0.6) is 0 Å². The molecule has 0 aromatic heterocycles. The SMILES string of the molecule is FC(F)(F)c1ccc2c(c1)C=CC=[N+]2. The Labute approximate surface area is 78.6 Å². The van der Waals surface area contributed by atoms with Crippen molar-refractivity contribution in [1.29, 1.82) is 0 Å². The van der Waals surface area contributed by atoms with E-state index in [1.807, 2.05) is 0 Å². The van der Waals surface area contributed by atoms with E-state index in [2.05, 4.69) is 4.99 Å². The van der Waals surface area contributed by atoms with E-state index >= 15 is 0 Å².